The van der Waals surface area contributed by atoms with Crippen LogP contribution in [0, 0.1) is 5.82 Å². The van der Waals surface area contributed by atoms with Crippen LogP contribution in [-0.4, -0.2) is 45.9 Å². The first kappa shape index (κ1) is 28.6. The van der Waals surface area contributed by atoms with Crippen molar-refractivity contribution in [3.05, 3.63) is 59.4 Å². The van der Waals surface area contributed by atoms with E-state index in [2.05, 4.69) is 0 Å². The molecule has 2 aromatic rings. The second-order valence-corrected chi connectivity index (χ2v) is 9.38. The molecule has 0 atom stereocenters. The Morgan fingerprint density at radius 1 is 1.05 bits per heavy atom. The number of nitrogens with zero attached hydrogens (tertiary/aromatic N) is 1. The predicted molar refractivity (Wildman–Crippen MR) is 139 cm³/mol. The highest BCUT2D eigenvalue weighted by atomic mass is 19.1. The van der Waals surface area contributed by atoms with Gasteiger partial charge in [0.15, 0.2) is 0 Å². The number of amides is 1. The summed E-state index contributed by atoms with van der Waals surface area (Å²) < 4.78 is 36.7. The van der Waals surface area contributed by atoms with Crippen molar-refractivity contribution in [2.45, 2.75) is 70.2 Å². The second-order valence-electron chi connectivity index (χ2n) is 9.38. The highest BCUT2D eigenvalue weighted by Crippen LogP contribution is 2.42. The molecule has 2 aromatic carbocycles. The number of hydrogen-bond donors (Lipinski definition) is 0. The van der Waals surface area contributed by atoms with Crippen LogP contribution in [0.2, 0.25) is 0 Å². The van der Waals surface area contributed by atoms with Gasteiger partial charge in [0.1, 0.15) is 18.2 Å². The van der Waals surface area contributed by atoms with Gasteiger partial charge in [0, 0.05) is 45.9 Å². The van der Waals surface area contributed by atoms with Crippen molar-refractivity contribution in [3.63, 3.8) is 0 Å². The summed E-state index contributed by atoms with van der Waals surface area (Å²) in [7, 11) is 5.09. The van der Waals surface area contributed by atoms with E-state index in [0.29, 0.717) is 18.8 Å². The average molecular weight is 516 g/mol. The number of ether oxygens (including phenoxy) is 4. The number of anilines is 1. The first-order chi connectivity index (χ1) is 17.8. The molecular formula is C29H38FNO6. The Balaban J connectivity index is 1.58. The first-order valence-electron chi connectivity index (χ1n) is 12.8. The lowest BCUT2D eigenvalue weighted by Gasteiger charge is -2.39. The van der Waals surface area contributed by atoms with Crippen LogP contribution < -0.4 is 9.64 Å². The molecule has 0 heterocycles. The Morgan fingerprint density at radius 2 is 1.76 bits per heavy atom. The normalized spacial score (nSPS) is 19.3. The molecule has 1 aliphatic carbocycles. The Kier molecular flexibility index (Phi) is 10.5. The first-order valence-corrected chi connectivity index (χ1v) is 12.8. The Bertz CT molecular complexity index is 1030. The van der Waals surface area contributed by atoms with Gasteiger partial charge in [0.2, 0.25) is 5.91 Å². The molecule has 1 amide bonds. The average Bonchev–Trinajstić information content (AvgIpc) is 2.91. The van der Waals surface area contributed by atoms with Crippen LogP contribution in [0.3, 0.4) is 0 Å². The number of carbonyl (C=O) groups excluding carboxylic acids is 2. The van der Waals surface area contributed by atoms with Crippen LogP contribution >= 0.6 is 0 Å². The van der Waals surface area contributed by atoms with Gasteiger partial charge in [-0.1, -0.05) is 12.1 Å². The Morgan fingerprint density at radius 3 is 2.38 bits per heavy atom. The van der Waals surface area contributed by atoms with E-state index in [1.165, 1.54) is 12.1 Å². The zero-order valence-electron chi connectivity index (χ0n) is 22.3. The van der Waals surface area contributed by atoms with Gasteiger partial charge in [-0.05, 0) is 74.4 Å². The van der Waals surface area contributed by atoms with Crippen LogP contribution in [0.4, 0.5) is 10.1 Å². The zero-order valence-corrected chi connectivity index (χ0v) is 22.3. The topological polar surface area (TPSA) is 74.3 Å². The Labute approximate surface area is 218 Å². The standard InChI is InChI=1S/C29H38FNO6/c1-5-36-28(33)8-6-7-27(32)31(2)24-11-9-21(10-12-24)20-37-26-18-22(17-23(30)19-26)29(35-4)15-13-25(34-3)14-16-29/h9-12,17-19,25H,5-8,13-16,20H2,1-4H3/t25-,29+. The van der Waals surface area contributed by atoms with Crippen molar-refractivity contribution >= 4 is 17.6 Å². The van der Waals surface area contributed by atoms with E-state index in [9.17, 15) is 14.0 Å². The number of esters is 1. The summed E-state index contributed by atoms with van der Waals surface area (Å²) in [6.07, 6.45) is 4.35. The van der Waals surface area contributed by atoms with Gasteiger partial charge in [-0.3, -0.25) is 9.59 Å². The number of rotatable bonds is 12. The quantitative estimate of drug-likeness (QED) is 0.346. The van der Waals surface area contributed by atoms with Crippen molar-refractivity contribution in [1.29, 1.82) is 0 Å². The summed E-state index contributed by atoms with van der Waals surface area (Å²) >= 11 is 0. The molecule has 0 saturated heterocycles. The van der Waals surface area contributed by atoms with Gasteiger partial charge in [-0.25, -0.2) is 4.39 Å². The fraction of sp³-hybridized carbons (Fsp3) is 0.517. The van der Waals surface area contributed by atoms with E-state index in [-0.39, 0.29) is 43.2 Å². The van der Waals surface area contributed by atoms with Crippen molar-refractivity contribution in [2.75, 3.05) is 32.8 Å². The molecule has 0 unspecified atom stereocenters. The molecule has 0 spiro atoms. The number of methoxy groups -OCH3 is 2. The summed E-state index contributed by atoms with van der Waals surface area (Å²) in [4.78, 5) is 25.5. The van der Waals surface area contributed by atoms with Gasteiger partial charge in [-0.2, -0.15) is 0 Å². The van der Waals surface area contributed by atoms with Crippen LogP contribution in [0.25, 0.3) is 0 Å². The summed E-state index contributed by atoms with van der Waals surface area (Å²) in [5, 5.41) is 0. The maximum atomic E-state index is 14.5. The summed E-state index contributed by atoms with van der Waals surface area (Å²) in [5.41, 5.74) is 1.86. The maximum Gasteiger partial charge on any atom is 0.305 e. The van der Waals surface area contributed by atoms with E-state index in [0.717, 1.165) is 42.5 Å². The van der Waals surface area contributed by atoms with E-state index < -0.39 is 5.60 Å². The molecule has 1 saturated carbocycles. The zero-order chi connectivity index (χ0) is 26.8. The second kappa shape index (κ2) is 13.5. The monoisotopic (exact) mass is 515 g/mol. The van der Waals surface area contributed by atoms with E-state index in [1.807, 2.05) is 30.3 Å². The van der Waals surface area contributed by atoms with Gasteiger partial charge >= 0.3 is 5.97 Å². The van der Waals surface area contributed by atoms with Crippen molar-refractivity contribution in [2.24, 2.45) is 0 Å². The molecule has 0 bridgehead atoms. The lowest BCUT2D eigenvalue weighted by molar-refractivity contribution is -0.143. The third-order valence-corrected chi connectivity index (χ3v) is 7.04. The van der Waals surface area contributed by atoms with E-state index >= 15 is 0 Å². The number of hydrogen-bond acceptors (Lipinski definition) is 6. The number of benzene rings is 2. The number of carbonyl (C=O) groups is 2. The molecule has 0 aliphatic heterocycles. The van der Waals surface area contributed by atoms with Gasteiger partial charge in [0.05, 0.1) is 18.3 Å². The van der Waals surface area contributed by atoms with Crippen molar-refractivity contribution in [3.8, 4) is 5.75 Å². The number of halogens is 1. The fourth-order valence-electron chi connectivity index (χ4n) is 4.72. The highest BCUT2D eigenvalue weighted by molar-refractivity contribution is 5.92. The summed E-state index contributed by atoms with van der Waals surface area (Å²) in [6.45, 7) is 2.35. The molecule has 202 valence electrons. The van der Waals surface area contributed by atoms with Gasteiger partial charge in [-0.15, -0.1) is 0 Å². The molecular weight excluding hydrogens is 477 g/mol. The molecule has 7 nitrogen and oxygen atoms in total. The lowest BCUT2D eigenvalue weighted by atomic mass is 9.78. The van der Waals surface area contributed by atoms with Crippen LogP contribution in [0.5, 0.6) is 5.75 Å². The predicted octanol–water partition coefficient (Wildman–Crippen LogP) is 5.53. The molecule has 1 aliphatic rings. The minimum Gasteiger partial charge on any atom is -0.489 e. The van der Waals surface area contributed by atoms with Crippen molar-refractivity contribution < 1.29 is 32.9 Å². The Hall–Kier alpha value is -2.97. The van der Waals surface area contributed by atoms with Crippen molar-refractivity contribution in [1.82, 2.24) is 0 Å². The molecule has 1 fully saturated rings. The third-order valence-electron chi connectivity index (χ3n) is 7.04. The molecule has 37 heavy (non-hydrogen) atoms. The molecule has 8 heteroatoms. The van der Waals surface area contributed by atoms with E-state index in [4.69, 9.17) is 18.9 Å². The van der Waals surface area contributed by atoms with Gasteiger partial charge < -0.3 is 23.8 Å². The molecule has 0 N–H and O–H groups in total. The summed E-state index contributed by atoms with van der Waals surface area (Å²) in [5.74, 6) is -0.287. The van der Waals surface area contributed by atoms with E-state index in [1.54, 1.807) is 33.1 Å². The van der Waals surface area contributed by atoms with Crippen LogP contribution in [-0.2, 0) is 36.0 Å². The molecule has 3 rings (SSSR count). The lowest BCUT2D eigenvalue weighted by Crippen LogP contribution is -2.36. The van der Waals surface area contributed by atoms with Crippen LogP contribution in [0.1, 0.15) is 63.0 Å². The largest absolute Gasteiger partial charge is 0.489 e. The maximum absolute atomic E-state index is 14.5. The molecule has 0 aromatic heterocycles. The van der Waals surface area contributed by atoms with Gasteiger partial charge in [0.25, 0.3) is 0 Å². The van der Waals surface area contributed by atoms with Crippen LogP contribution in [0.15, 0.2) is 42.5 Å². The SMILES string of the molecule is CCOC(=O)CCCC(=O)N(C)c1ccc(COc2cc(F)cc([C@]3(OC)CC[C@@H](OC)CC3)c2)cc1. The molecule has 0 radical (unpaired) electrons. The third kappa shape index (κ3) is 7.76. The minimum absolute atomic E-state index is 0.0767. The highest BCUT2D eigenvalue weighted by Gasteiger charge is 2.37. The fourth-order valence-corrected chi connectivity index (χ4v) is 4.72. The smallest absolute Gasteiger partial charge is 0.305 e. The minimum atomic E-state index is -0.551. The summed E-state index contributed by atoms with van der Waals surface area (Å²) in [6, 6.07) is 12.2.